The Morgan fingerprint density at radius 3 is 2.83 bits per heavy atom. The summed E-state index contributed by atoms with van der Waals surface area (Å²) in [6.07, 6.45) is 0. The normalized spacial score (nSPS) is 19.6. The Kier molecular flexibility index (Phi) is 3.88. The summed E-state index contributed by atoms with van der Waals surface area (Å²) in [5.41, 5.74) is -0.295. The van der Waals surface area contributed by atoms with Gasteiger partial charge in [-0.25, -0.2) is 8.78 Å². The van der Waals surface area contributed by atoms with E-state index in [2.05, 4.69) is 10.1 Å². The Hall–Kier alpha value is -1.53. The molecule has 0 spiro atoms. The highest BCUT2D eigenvalue weighted by molar-refractivity contribution is 6.00. The van der Waals surface area contributed by atoms with Gasteiger partial charge in [-0.1, -0.05) is 0 Å². The van der Waals surface area contributed by atoms with Crippen molar-refractivity contribution in [1.82, 2.24) is 5.32 Å². The number of ether oxygens (including phenoxy) is 2. The predicted molar refractivity (Wildman–Crippen MR) is 59.9 cm³/mol. The Balaban J connectivity index is 2.27. The second-order valence-electron chi connectivity index (χ2n) is 3.91. The molecule has 98 valence electrons. The van der Waals surface area contributed by atoms with Crippen molar-refractivity contribution in [1.29, 1.82) is 0 Å². The van der Waals surface area contributed by atoms with Gasteiger partial charge in [0.2, 0.25) is 0 Å². The van der Waals surface area contributed by atoms with Gasteiger partial charge in [-0.2, -0.15) is 0 Å². The molecule has 1 fully saturated rings. The van der Waals surface area contributed by atoms with E-state index in [4.69, 9.17) is 4.74 Å². The minimum atomic E-state index is -0.800. The number of methoxy groups -OCH3 is 1. The van der Waals surface area contributed by atoms with Crippen LogP contribution in [0, 0.1) is 11.6 Å². The molecular formula is C12H13F2NO3. The van der Waals surface area contributed by atoms with Crippen LogP contribution in [0.15, 0.2) is 12.1 Å². The van der Waals surface area contributed by atoms with Gasteiger partial charge in [-0.15, -0.1) is 0 Å². The first kappa shape index (κ1) is 12.9. The Labute approximate surface area is 103 Å². The van der Waals surface area contributed by atoms with Crippen LogP contribution in [0.1, 0.15) is 10.4 Å². The van der Waals surface area contributed by atoms with E-state index in [1.165, 1.54) is 7.11 Å². The molecule has 6 heteroatoms. The molecule has 1 N–H and O–H groups in total. The standard InChI is InChI=1S/C12H13F2NO3/c1-17-11-5-8(13)7(4-9(11)14)12(16)10-6-18-3-2-15-10/h4-5,10,15H,2-3,6H2,1H3. The van der Waals surface area contributed by atoms with E-state index >= 15 is 0 Å². The molecule has 0 aliphatic carbocycles. The van der Waals surface area contributed by atoms with Crippen molar-refractivity contribution in [2.75, 3.05) is 26.9 Å². The lowest BCUT2D eigenvalue weighted by Gasteiger charge is -2.22. The van der Waals surface area contributed by atoms with Crippen LogP contribution in [0.2, 0.25) is 0 Å². The van der Waals surface area contributed by atoms with Crippen molar-refractivity contribution in [3.8, 4) is 5.75 Å². The molecule has 0 bridgehead atoms. The number of rotatable bonds is 3. The maximum Gasteiger partial charge on any atom is 0.185 e. The van der Waals surface area contributed by atoms with E-state index < -0.39 is 23.5 Å². The maximum absolute atomic E-state index is 13.7. The average Bonchev–Trinajstić information content (AvgIpc) is 2.41. The summed E-state index contributed by atoms with van der Waals surface area (Å²) in [6, 6.07) is 1.08. The van der Waals surface area contributed by atoms with Crippen molar-refractivity contribution in [2.45, 2.75) is 6.04 Å². The van der Waals surface area contributed by atoms with Crippen molar-refractivity contribution >= 4 is 5.78 Å². The Bertz CT molecular complexity index is 459. The third-order valence-electron chi connectivity index (χ3n) is 2.75. The smallest absolute Gasteiger partial charge is 0.185 e. The van der Waals surface area contributed by atoms with Gasteiger partial charge in [0.1, 0.15) is 5.82 Å². The first-order valence-electron chi connectivity index (χ1n) is 5.52. The topological polar surface area (TPSA) is 47.6 Å². The number of morpholine rings is 1. The molecule has 0 radical (unpaired) electrons. The number of hydrogen-bond acceptors (Lipinski definition) is 4. The van der Waals surface area contributed by atoms with Gasteiger partial charge in [-0.3, -0.25) is 4.79 Å². The first-order valence-corrected chi connectivity index (χ1v) is 5.52. The number of hydrogen-bond donors (Lipinski definition) is 1. The molecule has 1 aromatic rings. The fourth-order valence-electron chi connectivity index (χ4n) is 1.80. The average molecular weight is 257 g/mol. The van der Waals surface area contributed by atoms with E-state index in [9.17, 15) is 13.6 Å². The molecule has 2 rings (SSSR count). The van der Waals surface area contributed by atoms with Crippen LogP contribution in [0.4, 0.5) is 8.78 Å². The molecule has 18 heavy (non-hydrogen) atoms. The molecular weight excluding hydrogens is 244 g/mol. The summed E-state index contributed by atoms with van der Waals surface area (Å²) in [4.78, 5) is 12.0. The van der Waals surface area contributed by atoms with Crippen molar-refractivity contribution in [2.24, 2.45) is 0 Å². The SMILES string of the molecule is COc1cc(F)c(C(=O)C2COCCN2)cc1F. The summed E-state index contributed by atoms with van der Waals surface area (Å²) >= 11 is 0. The summed E-state index contributed by atoms with van der Waals surface area (Å²) in [5, 5.41) is 2.90. The fourth-order valence-corrected chi connectivity index (χ4v) is 1.80. The number of nitrogens with one attached hydrogen (secondary N) is 1. The summed E-state index contributed by atoms with van der Waals surface area (Å²) in [6.45, 7) is 1.17. The molecule has 1 aliphatic rings. The van der Waals surface area contributed by atoms with E-state index in [-0.39, 0.29) is 17.9 Å². The number of ketones is 1. The third kappa shape index (κ3) is 2.49. The molecule has 1 aromatic carbocycles. The zero-order valence-electron chi connectivity index (χ0n) is 9.83. The van der Waals surface area contributed by atoms with Crippen LogP contribution < -0.4 is 10.1 Å². The highest BCUT2D eigenvalue weighted by atomic mass is 19.1. The molecule has 1 atom stereocenters. The fraction of sp³-hybridized carbons (Fsp3) is 0.417. The van der Waals surface area contributed by atoms with Crippen molar-refractivity contribution in [3.63, 3.8) is 0 Å². The molecule has 1 aliphatic heterocycles. The van der Waals surface area contributed by atoms with Gasteiger partial charge in [0.25, 0.3) is 0 Å². The van der Waals surface area contributed by atoms with Crippen molar-refractivity contribution in [3.05, 3.63) is 29.3 Å². The summed E-state index contributed by atoms with van der Waals surface area (Å²) in [5.74, 6) is -2.31. The molecule has 1 unspecified atom stereocenters. The quantitative estimate of drug-likeness (QED) is 0.825. The van der Waals surface area contributed by atoms with Crippen LogP contribution in [0.25, 0.3) is 0 Å². The lowest BCUT2D eigenvalue weighted by molar-refractivity contribution is 0.0604. The zero-order chi connectivity index (χ0) is 13.1. The van der Waals surface area contributed by atoms with Crippen LogP contribution >= 0.6 is 0 Å². The number of halogens is 2. The number of carbonyl (C=O) groups excluding carboxylic acids is 1. The highest BCUT2D eigenvalue weighted by Gasteiger charge is 2.26. The third-order valence-corrected chi connectivity index (χ3v) is 2.75. The van der Waals surface area contributed by atoms with Gasteiger partial charge >= 0.3 is 0 Å². The largest absolute Gasteiger partial charge is 0.494 e. The van der Waals surface area contributed by atoms with Crippen molar-refractivity contribution < 1.29 is 23.0 Å². The van der Waals surface area contributed by atoms with Gasteiger partial charge < -0.3 is 14.8 Å². The molecule has 0 amide bonds. The molecule has 0 saturated carbocycles. The summed E-state index contributed by atoms with van der Waals surface area (Å²) < 4.78 is 36.9. The number of Topliss-reactive ketones (excluding diaryl/α,β-unsaturated/α-hetero) is 1. The molecule has 4 nitrogen and oxygen atoms in total. The van der Waals surface area contributed by atoms with E-state index in [0.717, 1.165) is 12.1 Å². The highest BCUT2D eigenvalue weighted by Crippen LogP contribution is 2.22. The zero-order valence-corrected chi connectivity index (χ0v) is 9.83. The number of carbonyl (C=O) groups is 1. The van der Waals surface area contributed by atoms with Gasteiger partial charge in [0.05, 0.1) is 31.9 Å². The van der Waals surface area contributed by atoms with Crippen LogP contribution in [-0.4, -0.2) is 38.7 Å². The van der Waals surface area contributed by atoms with Gasteiger partial charge in [0, 0.05) is 12.6 Å². The maximum atomic E-state index is 13.7. The lowest BCUT2D eigenvalue weighted by atomic mass is 10.0. The molecule has 1 saturated heterocycles. The van der Waals surface area contributed by atoms with Crippen LogP contribution in [-0.2, 0) is 4.74 Å². The van der Waals surface area contributed by atoms with E-state index in [1.54, 1.807) is 0 Å². The van der Waals surface area contributed by atoms with Gasteiger partial charge in [-0.05, 0) is 6.07 Å². The Morgan fingerprint density at radius 2 is 2.22 bits per heavy atom. The lowest BCUT2D eigenvalue weighted by Crippen LogP contribution is -2.46. The second kappa shape index (κ2) is 5.41. The minimum absolute atomic E-state index is 0.159. The van der Waals surface area contributed by atoms with E-state index in [1.807, 2.05) is 0 Å². The predicted octanol–water partition coefficient (Wildman–Crippen LogP) is 1.14. The first-order chi connectivity index (χ1) is 8.63. The van der Waals surface area contributed by atoms with Crippen LogP contribution in [0.3, 0.4) is 0 Å². The second-order valence-corrected chi connectivity index (χ2v) is 3.91. The van der Waals surface area contributed by atoms with Crippen LogP contribution in [0.5, 0.6) is 5.75 Å². The van der Waals surface area contributed by atoms with E-state index in [0.29, 0.717) is 13.2 Å². The monoisotopic (exact) mass is 257 g/mol. The minimum Gasteiger partial charge on any atom is -0.494 e. The molecule has 0 aromatic heterocycles. The molecule has 1 heterocycles. The van der Waals surface area contributed by atoms with Gasteiger partial charge in [0.15, 0.2) is 17.3 Å². The summed E-state index contributed by atoms with van der Waals surface area (Å²) in [7, 11) is 1.23. The Morgan fingerprint density at radius 1 is 1.44 bits per heavy atom. The number of benzene rings is 1.